The number of fused-ring (bicyclic) bond motifs is 1. The Morgan fingerprint density at radius 3 is 2.90 bits per heavy atom. The van der Waals surface area contributed by atoms with Gasteiger partial charge in [-0.05, 0) is 56.4 Å². The molecule has 0 radical (unpaired) electrons. The number of hydrogen-bond acceptors (Lipinski definition) is 4. The molecular formula is C27H39NO3. The van der Waals surface area contributed by atoms with E-state index in [1.165, 1.54) is 16.7 Å². The first-order valence-corrected chi connectivity index (χ1v) is 12.2. The molecule has 1 N–H and O–H groups in total. The van der Waals surface area contributed by atoms with Crippen molar-refractivity contribution in [1.82, 2.24) is 4.90 Å². The van der Waals surface area contributed by atoms with E-state index in [9.17, 15) is 5.11 Å². The van der Waals surface area contributed by atoms with Crippen LogP contribution in [0.3, 0.4) is 0 Å². The number of ether oxygens (including phenoxy) is 2. The second kappa shape index (κ2) is 11.4. The first kappa shape index (κ1) is 22.7. The summed E-state index contributed by atoms with van der Waals surface area (Å²) in [5, 5.41) is 10.6. The van der Waals surface area contributed by atoms with E-state index >= 15 is 0 Å². The lowest BCUT2D eigenvalue weighted by Gasteiger charge is -2.26. The van der Waals surface area contributed by atoms with Crippen LogP contribution in [0.25, 0.3) is 0 Å². The molecular weight excluding hydrogens is 386 g/mol. The second-order valence-electron chi connectivity index (χ2n) is 9.51. The van der Waals surface area contributed by atoms with Crippen LogP contribution in [0.2, 0.25) is 0 Å². The lowest BCUT2D eigenvalue weighted by Crippen LogP contribution is -2.38. The summed E-state index contributed by atoms with van der Waals surface area (Å²) in [5.74, 6) is 1.43. The summed E-state index contributed by atoms with van der Waals surface area (Å²) in [7, 11) is 0. The van der Waals surface area contributed by atoms with Gasteiger partial charge in [0.15, 0.2) is 0 Å². The molecule has 0 aromatic heterocycles. The number of nitrogens with zero attached hydrogens (tertiary/aromatic N) is 1. The van der Waals surface area contributed by atoms with Gasteiger partial charge >= 0.3 is 0 Å². The van der Waals surface area contributed by atoms with Crippen molar-refractivity contribution >= 4 is 0 Å². The zero-order chi connectivity index (χ0) is 21.5. The van der Waals surface area contributed by atoms with Gasteiger partial charge in [-0.3, -0.25) is 4.90 Å². The summed E-state index contributed by atoms with van der Waals surface area (Å²) in [6.45, 7) is 8.54. The Morgan fingerprint density at radius 2 is 2.06 bits per heavy atom. The van der Waals surface area contributed by atoms with Crippen molar-refractivity contribution in [2.75, 3.05) is 46.1 Å². The van der Waals surface area contributed by atoms with E-state index in [4.69, 9.17) is 9.47 Å². The molecule has 0 unspecified atom stereocenters. The number of benzene rings is 1. The minimum absolute atomic E-state index is 0.187. The lowest BCUT2D eigenvalue weighted by atomic mass is 9.89. The van der Waals surface area contributed by atoms with Gasteiger partial charge in [0.1, 0.15) is 0 Å². The zero-order valence-corrected chi connectivity index (χ0v) is 19.0. The third-order valence-corrected chi connectivity index (χ3v) is 7.21. The summed E-state index contributed by atoms with van der Waals surface area (Å²) in [4.78, 5) is 2.42. The maximum Gasteiger partial charge on any atom is 0.0611 e. The normalized spacial score (nSPS) is 28.9. The fourth-order valence-corrected chi connectivity index (χ4v) is 5.49. The number of aryl methyl sites for hydroxylation is 2. The highest BCUT2D eigenvalue weighted by molar-refractivity contribution is 5.23. The number of allylic oxidation sites excluding steroid dienone is 2. The number of hydrogen-bond donors (Lipinski definition) is 1. The standard InChI is InChI=1S/C27H39NO3/c1-21-5-4-7-22(17-21)6-2-3-8-25-26-19-23(18-24(26)20-27(25)29)9-13-30-14-10-28-11-15-31-16-12-28/h3-5,7-8,17-18,24-27,29H,2,6,9-16,19-20H2,1H3/b8-3+/t24-,25+,26-,27+/m0/s1. The molecule has 2 fully saturated rings. The SMILES string of the molecule is Cc1cccc(CC/C=C/[C@@H]2[C@H]3CC(CCOCCN4CCOCC4)=C[C@H]3C[C@H]2O)c1. The van der Waals surface area contributed by atoms with Crippen LogP contribution in [0.5, 0.6) is 0 Å². The van der Waals surface area contributed by atoms with Gasteiger partial charge < -0.3 is 14.6 Å². The van der Waals surface area contributed by atoms with Crippen LogP contribution in [-0.2, 0) is 15.9 Å². The van der Waals surface area contributed by atoms with E-state index < -0.39 is 0 Å². The molecule has 0 spiro atoms. The molecule has 1 heterocycles. The summed E-state index contributed by atoms with van der Waals surface area (Å²) in [6.07, 6.45) is 12.1. The summed E-state index contributed by atoms with van der Waals surface area (Å²) >= 11 is 0. The summed E-state index contributed by atoms with van der Waals surface area (Å²) < 4.78 is 11.3. The third-order valence-electron chi connectivity index (χ3n) is 7.21. The van der Waals surface area contributed by atoms with E-state index in [1.54, 1.807) is 0 Å². The first-order valence-electron chi connectivity index (χ1n) is 12.2. The summed E-state index contributed by atoms with van der Waals surface area (Å²) in [5.41, 5.74) is 4.25. The van der Waals surface area contributed by atoms with Crippen molar-refractivity contribution in [3.8, 4) is 0 Å². The van der Waals surface area contributed by atoms with Crippen molar-refractivity contribution in [1.29, 1.82) is 0 Å². The van der Waals surface area contributed by atoms with Gasteiger partial charge in [0.2, 0.25) is 0 Å². The molecule has 0 bridgehead atoms. The molecule has 31 heavy (non-hydrogen) atoms. The highest BCUT2D eigenvalue weighted by atomic mass is 16.5. The predicted octanol–water partition coefficient (Wildman–Crippen LogP) is 4.17. The molecule has 4 nitrogen and oxygen atoms in total. The molecule has 4 atom stereocenters. The van der Waals surface area contributed by atoms with E-state index in [0.717, 1.165) is 78.2 Å². The van der Waals surface area contributed by atoms with Crippen molar-refractivity contribution in [3.63, 3.8) is 0 Å². The quantitative estimate of drug-likeness (QED) is 0.451. The Hall–Kier alpha value is -1.46. The van der Waals surface area contributed by atoms with Gasteiger partial charge in [-0.2, -0.15) is 0 Å². The molecule has 1 aromatic carbocycles. The maximum absolute atomic E-state index is 10.6. The van der Waals surface area contributed by atoms with Gasteiger partial charge in [-0.15, -0.1) is 0 Å². The molecule has 4 rings (SSSR count). The Balaban J connectivity index is 1.16. The molecule has 1 aliphatic heterocycles. The monoisotopic (exact) mass is 425 g/mol. The number of rotatable bonds is 10. The molecule has 4 heteroatoms. The molecule has 0 amide bonds. The average Bonchev–Trinajstić information content (AvgIpc) is 3.28. The van der Waals surface area contributed by atoms with Crippen molar-refractivity contribution in [3.05, 3.63) is 59.2 Å². The molecule has 170 valence electrons. The number of aliphatic hydroxyl groups excluding tert-OH is 1. The summed E-state index contributed by atoms with van der Waals surface area (Å²) in [6, 6.07) is 8.76. The maximum atomic E-state index is 10.6. The van der Waals surface area contributed by atoms with Crippen LogP contribution in [0.1, 0.15) is 36.8 Å². The van der Waals surface area contributed by atoms with E-state index in [1.807, 2.05) is 0 Å². The van der Waals surface area contributed by atoms with Crippen molar-refractivity contribution < 1.29 is 14.6 Å². The highest BCUT2D eigenvalue weighted by Crippen LogP contribution is 2.47. The Kier molecular flexibility index (Phi) is 8.37. The van der Waals surface area contributed by atoms with E-state index in [2.05, 4.69) is 54.3 Å². The lowest BCUT2D eigenvalue weighted by molar-refractivity contribution is 0.0207. The fraction of sp³-hybridized carbons (Fsp3) is 0.630. The molecule has 3 aliphatic rings. The smallest absolute Gasteiger partial charge is 0.0611 e. The van der Waals surface area contributed by atoms with Crippen molar-refractivity contribution in [2.45, 2.75) is 45.1 Å². The van der Waals surface area contributed by atoms with Crippen LogP contribution in [0, 0.1) is 24.7 Å². The second-order valence-corrected chi connectivity index (χ2v) is 9.51. The fourth-order valence-electron chi connectivity index (χ4n) is 5.49. The Labute approximate surface area is 187 Å². The molecule has 1 saturated carbocycles. The topological polar surface area (TPSA) is 41.9 Å². The zero-order valence-electron chi connectivity index (χ0n) is 19.0. The number of aliphatic hydroxyl groups is 1. The highest BCUT2D eigenvalue weighted by Gasteiger charge is 2.43. The number of morpholine rings is 1. The molecule has 2 aliphatic carbocycles. The largest absolute Gasteiger partial charge is 0.392 e. The molecule has 1 aromatic rings. The van der Waals surface area contributed by atoms with Gasteiger partial charge in [-0.1, -0.05) is 53.6 Å². The van der Waals surface area contributed by atoms with Crippen LogP contribution in [0.15, 0.2) is 48.1 Å². The van der Waals surface area contributed by atoms with Crippen LogP contribution in [0.4, 0.5) is 0 Å². The molecule has 1 saturated heterocycles. The van der Waals surface area contributed by atoms with Crippen LogP contribution < -0.4 is 0 Å². The van der Waals surface area contributed by atoms with E-state index in [-0.39, 0.29) is 6.10 Å². The van der Waals surface area contributed by atoms with Crippen LogP contribution >= 0.6 is 0 Å². The van der Waals surface area contributed by atoms with Gasteiger partial charge in [0.25, 0.3) is 0 Å². The van der Waals surface area contributed by atoms with E-state index in [0.29, 0.717) is 17.8 Å². The first-order chi connectivity index (χ1) is 15.2. The Bertz CT molecular complexity index is 753. The third kappa shape index (κ3) is 6.52. The average molecular weight is 426 g/mol. The Morgan fingerprint density at radius 1 is 1.19 bits per heavy atom. The minimum atomic E-state index is -0.187. The van der Waals surface area contributed by atoms with Gasteiger partial charge in [0, 0.05) is 25.6 Å². The minimum Gasteiger partial charge on any atom is -0.392 e. The predicted molar refractivity (Wildman–Crippen MR) is 125 cm³/mol. The van der Waals surface area contributed by atoms with Crippen LogP contribution in [-0.4, -0.2) is 62.2 Å². The van der Waals surface area contributed by atoms with Gasteiger partial charge in [-0.25, -0.2) is 0 Å². The van der Waals surface area contributed by atoms with Crippen molar-refractivity contribution in [2.24, 2.45) is 17.8 Å². The van der Waals surface area contributed by atoms with Gasteiger partial charge in [0.05, 0.1) is 32.5 Å².